The van der Waals surface area contributed by atoms with Gasteiger partial charge in [-0.1, -0.05) is 40.2 Å². The van der Waals surface area contributed by atoms with Crippen molar-refractivity contribution in [1.82, 2.24) is 29.9 Å². The molecule has 0 radical (unpaired) electrons. The summed E-state index contributed by atoms with van der Waals surface area (Å²) >= 11 is 3.36. The standard InChI is InChI=1S/C21H19FN4O2.C15H13BrFN3O.C12H18BNO3/c1-11-20-17(26-21(23)24-11)8-12(9-18(20)27)14-7-6-13(22)10-15(14)16-4-3-5-19(25-16)28-2;1-7-14-12(20-15(18)19-7)4-8(5-13(14)21)10-3-2-9(17)6-11(10)16;1-11(2)12(3,4)17-13(16-11)9-7-6-8-10(14-9)15-5/h3-7,10,12H,8-9H2,1-2H3,(H2,23,24,26);2-3,6,8H,4-5H2,1H3,(H2,18,19,20);6-8H,1-5H3. The second-order valence-corrected chi connectivity index (χ2v) is 18.0. The number of ketones is 2. The number of ether oxygens (including phenoxy) is 2. The predicted molar refractivity (Wildman–Crippen MR) is 250 cm³/mol. The Labute approximate surface area is 390 Å². The first-order valence-electron chi connectivity index (χ1n) is 21.2. The van der Waals surface area contributed by atoms with Gasteiger partial charge in [0.05, 0.1) is 70.6 Å². The van der Waals surface area contributed by atoms with Gasteiger partial charge in [0.2, 0.25) is 23.7 Å². The molecule has 0 amide bonds. The highest BCUT2D eigenvalue weighted by Gasteiger charge is 2.52. The van der Waals surface area contributed by atoms with Crippen LogP contribution in [0.4, 0.5) is 20.7 Å². The molecule has 2 aliphatic carbocycles. The molecule has 2 aromatic carbocycles. The lowest BCUT2D eigenvalue weighted by Crippen LogP contribution is -2.41. The number of fused-ring (bicyclic) bond motifs is 2. The molecule has 1 saturated heterocycles. The summed E-state index contributed by atoms with van der Waals surface area (Å²) in [4.78, 5) is 50.6. The van der Waals surface area contributed by atoms with Crippen LogP contribution in [0.2, 0.25) is 0 Å². The van der Waals surface area contributed by atoms with E-state index in [0.717, 1.165) is 16.7 Å². The van der Waals surface area contributed by atoms with Crippen LogP contribution in [0.1, 0.15) is 107 Å². The number of anilines is 2. The second-order valence-electron chi connectivity index (χ2n) is 17.2. The Morgan fingerprint density at radius 1 is 0.652 bits per heavy atom. The molecule has 66 heavy (non-hydrogen) atoms. The fourth-order valence-corrected chi connectivity index (χ4v) is 8.97. The summed E-state index contributed by atoms with van der Waals surface area (Å²) in [6.07, 6.45) is 1.78. The zero-order chi connectivity index (χ0) is 47.7. The average Bonchev–Trinajstić information content (AvgIpc) is 3.48. The molecule has 4 N–H and O–H groups in total. The van der Waals surface area contributed by atoms with E-state index in [1.165, 1.54) is 31.4 Å². The monoisotopic (exact) mass is 962 g/mol. The van der Waals surface area contributed by atoms with Crippen molar-refractivity contribution in [2.75, 3.05) is 25.7 Å². The Morgan fingerprint density at radius 2 is 1.14 bits per heavy atom. The van der Waals surface area contributed by atoms with E-state index < -0.39 is 7.12 Å². The summed E-state index contributed by atoms with van der Waals surface area (Å²) in [6.45, 7) is 11.6. The predicted octanol–water partition coefficient (Wildman–Crippen LogP) is 8.06. The molecule has 14 nitrogen and oxygen atoms in total. The minimum absolute atomic E-state index is 0.00924. The van der Waals surface area contributed by atoms with Crippen molar-refractivity contribution in [1.29, 1.82) is 0 Å². The minimum atomic E-state index is -0.435. The first-order chi connectivity index (χ1) is 31.3. The lowest BCUT2D eigenvalue weighted by Gasteiger charge is -2.32. The second kappa shape index (κ2) is 19.3. The van der Waals surface area contributed by atoms with Crippen molar-refractivity contribution in [3.05, 3.63) is 134 Å². The van der Waals surface area contributed by atoms with E-state index in [0.29, 0.717) is 87.1 Å². The van der Waals surface area contributed by atoms with Crippen LogP contribution in [0.25, 0.3) is 11.3 Å². The number of halogens is 3. The Hall–Kier alpha value is -6.24. The van der Waals surface area contributed by atoms with Crippen molar-refractivity contribution in [2.24, 2.45) is 0 Å². The van der Waals surface area contributed by atoms with Gasteiger partial charge in [-0.15, -0.1) is 0 Å². The molecule has 3 aliphatic rings. The highest BCUT2D eigenvalue weighted by Crippen LogP contribution is 2.40. The van der Waals surface area contributed by atoms with Crippen molar-refractivity contribution >= 4 is 52.1 Å². The molecule has 342 valence electrons. The molecular weight excluding hydrogens is 913 g/mol. The topological polar surface area (TPSA) is 200 Å². The van der Waals surface area contributed by atoms with Crippen LogP contribution >= 0.6 is 15.9 Å². The molecule has 5 heterocycles. The summed E-state index contributed by atoms with van der Waals surface area (Å²) in [5.41, 5.74) is 18.1. The zero-order valence-corrected chi connectivity index (χ0v) is 39.5. The zero-order valence-electron chi connectivity index (χ0n) is 37.9. The van der Waals surface area contributed by atoms with Crippen LogP contribution in [0.5, 0.6) is 11.8 Å². The molecule has 2 unspecified atom stereocenters. The first-order valence-corrected chi connectivity index (χ1v) is 22.0. The third kappa shape index (κ3) is 10.2. The molecule has 6 aromatic rings. The van der Waals surface area contributed by atoms with E-state index in [9.17, 15) is 18.4 Å². The largest absolute Gasteiger partial charge is 0.514 e. The maximum Gasteiger partial charge on any atom is 0.514 e. The maximum atomic E-state index is 14.0. The van der Waals surface area contributed by atoms with Crippen molar-refractivity contribution in [2.45, 2.75) is 90.3 Å². The Bertz CT molecular complexity index is 2820. The van der Waals surface area contributed by atoms with Gasteiger partial charge in [-0.05, 0) is 114 Å². The van der Waals surface area contributed by atoms with E-state index in [4.69, 9.17) is 30.2 Å². The van der Waals surface area contributed by atoms with Gasteiger partial charge in [0, 0.05) is 35.0 Å². The lowest BCUT2D eigenvalue weighted by atomic mass is 9.79. The number of benzene rings is 2. The smallest absolute Gasteiger partial charge is 0.481 e. The number of Topliss-reactive ketones (excluding diaryl/α,β-unsaturated/α-hetero) is 2. The van der Waals surface area contributed by atoms with Crippen LogP contribution in [0.15, 0.2) is 77.3 Å². The van der Waals surface area contributed by atoms with Crippen LogP contribution in [-0.4, -0.2) is 74.0 Å². The van der Waals surface area contributed by atoms with Crippen molar-refractivity contribution < 1.29 is 37.2 Å². The molecule has 0 spiro atoms. The minimum Gasteiger partial charge on any atom is -0.481 e. The number of nitrogens with two attached hydrogens (primary N) is 2. The van der Waals surface area contributed by atoms with Crippen LogP contribution in [-0.2, 0) is 22.2 Å². The quantitative estimate of drug-likeness (QED) is 0.152. The van der Waals surface area contributed by atoms with Crippen molar-refractivity contribution in [3.8, 4) is 23.0 Å². The van der Waals surface area contributed by atoms with Gasteiger partial charge in [-0.2, -0.15) is 0 Å². The maximum absolute atomic E-state index is 14.0. The van der Waals surface area contributed by atoms with Crippen molar-refractivity contribution in [3.63, 3.8) is 0 Å². The molecule has 9 rings (SSSR count). The molecule has 1 aliphatic heterocycles. The number of pyridine rings is 2. The molecule has 18 heteroatoms. The number of carbonyl (C=O) groups is 2. The summed E-state index contributed by atoms with van der Waals surface area (Å²) < 4.78 is 50.0. The molecular formula is C48H50BBrF2N8O6. The Kier molecular flexibility index (Phi) is 14.0. The number of hydrogen-bond acceptors (Lipinski definition) is 14. The average molecular weight is 964 g/mol. The van der Waals surface area contributed by atoms with Gasteiger partial charge in [0.25, 0.3) is 0 Å². The number of aromatic nitrogens is 6. The van der Waals surface area contributed by atoms with Gasteiger partial charge >= 0.3 is 7.12 Å². The fourth-order valence-electron chi connectivity index (χ4n) is 8.29. The third-order valence-corrected chi connectivity index (χ3v) is 12.9. The molecule has 2 atom stereocenters. The molecule has 0 saturated carbocycles. The first kappa shape index (κ1) is 47.7. The lowest BCUT2D eigenvalue weighted by molar-refractivity contribution is 0.00578. The molecule has 4 aromatic heterocycles. The summed E-state index contributed by atoms with van der Waals surface area (Å²) in [6, 6.07) is 20.0. The number of methoxy groups -OCH3 is 2. The number of hydrogen-bond donors (Lipinski definition) is 2. The van der Waals surface area contributed by atoms with Crippen LogP contribution < -0.4 is 26.5 Å². The third-order valence-electron chi connectivity index (χ3n) is 12.2. The summed E-state index contributed by atoms with van der Waals surface area (Å²) in [5, 5.41) is 0. The van der Waals surface area contributed by atoms with Gasteiger partial charge < -0.3 is 30.2 Å². The fraction of sp³-hybridized carbons (Fsp3) is 0.333. The van der Waals surface area contributed by atoms with E-state index in [1.54, 1.807) is 57.4 Å². The summed E-state index contributed by atoms with van der Waals surface area (Å²) in [7, 11) is 2.69. The Morgan fingerprint density at radius 3 is 1.67 bits per heavy atom. The molecule has 0 bridgehead atoms. The highest BCUT2D eigenvalue weighted by molar-refractivity contribution is 9.10. The van der Waals surface area contributed by atoms with Crippen LogP contribution in [0.3, 0.4) is 0 Å². The molecule has 1 fully saturated rings. The number of nitrogens with zero attached hydrogens (tertiary/aromatic N) is 6. The number of aryl methyl sites for hydroxylation is 2. The normalized spacial score (nSPS) is 18.0. The number of rotatable bonds is 6. The van der Waals surface area contributed by atoms with E-state index >= 15 is 0 Å². The van der Waals surface area contributed by atoms with Crippen LogP contribution in [0, 0.1) is 25.5 Å². The van der Waals surface area contributed by atoms with Gasteiger partial charge in [-0.25, -0.2) is 38.7 Å². The number of nitrogen functional groups attached to an aromatic ring is 2. The highest BCUT2D eigenvalue weighted by atomic mass is 79.9. The SMILES string of the molecule is COc1cccc(-c2cc(F)ccc2C2CC(=O)c3c(C)nc(N)nc3C2)n1.COc1cccc(B2OC(C)(C)C(C)(C)O2)n1.Cc1nc(N)nc2c1C(=O)CC(c1ccc(F)cc1Br)C2. The van der Waals surface area contributed by atoms with Gasteiger partial charge in [0.15, 0.2) is 11.6 Å². The number of carbonyl (C=O) groups excluding carboxylic acids is 2. The van der Waals surface area contributed by atoms with Gasteiger partial charge in [0.1, 0.15) is 11.6 Å². The van der Waals surface area contributed by atoms with Gasteiger partial charge in [-0.3, -0.25) is 9.59 Å². The van der Waals surface area contributed by atoms with E-state index in [2.05, 4.69) is 45.8 Å². The van der Waals surface area contributed by atoms with E-state index in [-0.39, 0.29) is 58.1 Å². The van der Waals surface area contributed by atoms with E-state index in [1.807, 2.05) is 39.8 Å². The Balaban J connectivity index is 0.000000152. The summed E-state index contributed by atoms with van der Waals surface area (Å²) in [5.74, 6) is 0.449.